The van der Waals surface area contributed by atoms with E-state index in [2.05, 4.69) is 0 Å². The van der Waals surface area contributed by atoms with Crippen LogP contribution in [0, 0.1) is 6.92 Å². The van der Waals surface area contributed by atoms with Crippen LogP contribution in [0.3, 0.4) is 0 Å². The van der Waals surface area contributed by atoms with E-state index < -0.39 is 0 Å². The summed E-state index contributed by atoms with van der Waals surface area (Å²) < 4.78 is 3.39. The van der Waals surface area contributed by atoms with Crippen LogP contribution in [-0.4, -0.2) is 21.0 Å². The number of hydrogen-bond acceptors (Lipinski definition) is 3. The number of amides is 1. The third kappa shape index (κ3) is 2.99. The van der Waals surface area contributed by atoms with E-state index in [0.717, 1.165) is 16.9 Å². The Morgan fingerprint density at radius 3 is 2.37 bits per heavy atom. The van der Waals surface area contributed by atoms with Gasteiger partial charge in [0, 0.05) is 12.1 Å². The maximum absolute atomic E-state index is 13.3. The summed E-state index contributed by atoms with van der Waals surface area (Å²) in [5.74, 6) is 0.276. The maximum Gasteiger partial charge on any atom is 0.295 e. The first-order valence-corrected chi connectivity index (χ1v) is 9.95. The van der Waals surface area contributed by atoms with Gasteiger partial charge in [0.05, 0.1) is 17.1 Å². The summed E-state index contributed by atoms with van der Waals surface area (Å²) in [7, 11) is 1.83. The van der Waals surface area contributed by atoms with E-state index in [9.17, 15) is 9.59 Å². The van der Waals surface area contributed by atoms with Gasteiger partial charge in [-0.3, -0.25) is 19.2 Å². The fourth-order valence-electron chi connectivity index (χ4n) is 3.37. The molecule has 7 heteroatoms. The molecule has 0 saturated carbocycles. The quantitative estimate of drug-likeness (QED) is 0.670. The molecule has 5 nitrogen and oxygen atoms in total. The first-order valence-electron chi connectivity index (χ1n) is 8.52. The van der Waals surface area contributed by atoms with Crippen LogP contribution in [0.4, 0.5) is 5.69 Å². The van der Waals surface area contributed by atoms with Gasteiger partial charge in [0.1, 0.15) is 11.1 Å². The highest BCUT2D eigenvalue weighted by Crippen LogP contribution is 2.42. The number of anilines is 1. The molecule has 2 heterocycles. The summed E-state index contributed by atoms with van der Waals surface area (Å²) in [4.78, 5) is 27.6. The number of carbonyl (C=O) groups excluding carboxylic acids is 1. The van der Waals surface area contributed by atoms with Gasteiger partial charge in [-0.25, -0.2) is 4.68 Å². The monoisotopic (exact) mass is 399 g/mol. The Bertz CT molecular complexity index is 1060. The molecule has 27 heavy (non-hydrogen) atoms. The first kappa shape index (κ1) is 17.9. The van der Waals surface area contributed by atoms with Crippen molar-refractivity contribution in [2.45, 2.75) is 12.3 Å². The van der Waals surface area contributed by atoms with E-state index in [1.165, 1.54) is 11.8 Å². The number of hydrogen-bond donors (Lipinski definition) is 0. The largest absolute Gasteiger partial charge is 0.295 e. The smallest absolute Gasteiger partial charge is 0.288 e. The van der Waals surface area contributed by atoms with Gasteiger partial charge in [-0.2, -0.15) is 0 Å². The molecule has 0 radical (unpaired) electrons. The number of benzene rings is 2. The average Bonchev–Trinajstić information content (AvgIpc) is 3.14. The highest BCUT2D eigenvalue weighted by Gasteiger charge is 2.38. The Kier molecular flexibility index (Phi) is 4.61. The van der Waals surface area contributed by atoms with Crippen molar-refractivity contribution in [1.82, 2.24) is 9.36 Å². The fraction of sp³-hybridized carbons (Fsp3) is 0.200. The molecule has 0 aliphatic carbocycles. The van der Waals surface area contributed by atoms with Crippen molar-refractivity contribution >= 4 is 35.0 Å². The van der Waals surface area contributed by atoms with E-state index in [1.807, 2.05) is 56.4 Å². The highest BCUT2D eigenvalue weighted by molar-refractivity contribution is 8.00. The third-order valence-electron chi connectivity index (χ3n) is 4.79. The van der Waals surface area contributed by atoms with E-state index >= 15 is 0 Å². The van der Waals surface area contributed by atoms with Crippen LogP contribution in [0.1, 0.15) is 16.6 Å². The second-order valence-corrected chi connectivity index (χ2v) is 7.89. The zero-order valence-corrected chi connectivity index (χ0v) is 16.5. The van der Waals surface area contributed by atoms with Crippen LogP contribution in [0.2, 0.25) is 5.02 Å². The average molecular weight is 400 g/mol. The minimum atomic E-state index is -0.243. The zero-order chi connectivity index (χ0) is 19.1. The predicted octanol–water partition coefficient (Wildman–Crippen LogP) is 3.92. The van der Waals surface area contributed by atoms with Crippen molar-refractivity contribution in [3.05, 3.63) is 81.2 Å². The number of thioether (sulfide) groups is 1. The van der Waals surface area contributed by atoms with Crippen molar-refractivity contribution in [1.29, 1.82) is 0 Å². The minimum Gasteiger partial charge on any atom is -0.288 e. The van der Waals surface area contributed by atoms with Gasteiger partial charge in [-0.1, -0.05) is 41.9 Å². The van der Waals surface area contributed by atoms with Gasteiger partial charge in [0.15, 0.2) is 0 Å². The van der Waals surface area contributed by atoms with Gasteiger partial charge >= 0.3 is 0 Å². The molecule has 138 valence electrons. The number of halogens is 1. The molecule has 1 aliphatic heterocycles. The Labute approximate surface area is 166 Å². The molecule has 4 rings (SSSR count). The molecule has 1 saturated heterocycles. The van der Waals surface area contributed by atoms with Crippen molar-refractivity contribution in [2.75, 3.05) is 10.7 Å². The normalized spacial score (nSPS) is 16.9. The molecule has 2 aromatic carbocycles. The van der Waals surface area contributed by atoms with E-state index in [0.29, 0.717) is 16.5 Å². The number of rotatable bonds is 3. The van der Waals surface area contributed by atoms with Gasteiger partial charge in [0.2, 0.25) is 5.91 Å². The Morgan fingerprint density at radius 1 is 1.04 bits per heavy atom. The summed E-state index contributed by atoms with van der Waals surface area (Å²) in [6.45, 7) is 1.87. The molecule has 1 aliphatic rings. The Balaban J connectivity index is 1.86. The molecule has 1 amide bonds. The lowest BCUT2D eigenvalue weighted by Crippen LogP contribution is -2.33. The fourth-order valence-corrected chi connectivity index (χ4v) is 4.66. The lowest BCUT2D eigenvalue weighted by atomic mass is 10.2. The van der Waals surface area contributed by atoms with Crippen LogP contribution < -0.4 is 10.5 Å². The molecule has 0 bridgehead atoms. The molecule has 1 aromatic heterocycles. The van der Waals surface area contributed by atoms with Gasteiger partial charge in [-0.15, -0.1) is 11.8 Å². The summed E-state index contributed by atoms with van der Waals surface area (Å²) in [6, 6.07) is 16.8. The second kappa shape index (κ2) is 6.94. The summed E-state index contributed by atoms with van der Waals surface area (Å²) in [5.41, 5.74) is 2.69. The molecule has 1 atom stereocenters. The molecule has 3 aromatic rings. The van der Waals surface area contributed by atoms with Gasteiger partial charge in [0.25, 0.3) is 5.56 Å². The summed E-state index contributed by atoms with van der Waals surface area (Å²) >= 11 is 7.52. The number of nitrogens with zero attached hydrogens (tertiary/aromatic N) is 3. The topological polar surface area (TPSA) is 47.2 Å². The maximum atomic E-state index is 13.3. The van der Waals surface area contributed by atoms with Crippen molar-refractivity contribution in [3.8, 4) is 5.69 Å². The number of carbonyl (C=O) groups is 1. The molecular formula is C20H18ClN3O2S. The van der Waals surface area contributed by atoms with Crippen molar-refractivity contribution < 1.29 is 4.79 Å². The van der Waals surface area contributed by atoms with Crippen molar-refractivity contribution in [3.63, 3.8) is 0 Å². The Hall–Kier alpha value is -2.44. The standard InChI is InChI=1S/C20H18ClN3O2S/c1-13-18(19(26)24(22(13)2)16-6-4-3-5-7-16)23-17(25)12-27-20(23)14-8-10-15(21)11-9-14/h3-11,20H,12H2,1-2H3. The molecular weight excluding hydrogens is 382 g/mol. The minimum absolute atomic E-state index is 0.0639. The summed E-state index contributed by atoms with van der Waals surface area (Å²) in [5, 5.41) is 0.398. The van der Waals surface area contributed by atoms with Gasteiger partial charge in [-0.05, 0) is 36.8 Å². The highest BCUT2D eigenvalue weighted by atomic mass is 35.5. The summed E-state index contributed by atoms with van der Waals surface area (Å²) in [6.07, 6.45) is 0. The molecule has 1 fully saturated rings. The van der Waals surface area contributed by atoms with Gasteiger partial charge < -0.3 is 0 Å². The van der Waals surface area contributed by atoms with Crippen LogP contribution in [-0.2, 0) is 11.8 Å². The SMILES string of the molecule is Cc1c(N2C(=O)CSC2c2ccc(Cl)cc2)c(=O)n(-c2ccccc2)n1C. The lowest BCUT2D eigenvalue weighted by molar-refractivity contribution is -0.115. The van der Waals surface area contributed by atoms with Crippen LogP contribution in [0.25, 0.3) is 5.69 Å². The Morgan fingerprint density at radius 2 is 1.70 bits per heavy atom. The zero-order valence-electron chi connectivity index (χ0n) is 14.9. The lowest BCUT2D eigenvalue weighted by Gasteiger charge is -2.23. The number of para-hydroxylation sites is 1. The first-order chi connectivity index (χ1) is 13.0. The van der Waals surface area contributed by atoms with E-state index in [1.54, 1.807) is 26.4 Å². The van der Waals surface area contributed by atoms with E-state index in [-0.39, 0.29) is 16.8 Å². The van der Waals surface area contributed by atoms with Crippen LogP contribution in [0.5, 0.6) is 0 Å². The van der Waals surface area contributed by atoms with Crippen LogP contribution >= 0.6 is 23.4 Å². The molecule has 1 unspecified atom stereocenters. The molecule has 0 N–H and O–H groups in total. The number of aromatic nitrogens is 2. The second-order valence-electron chi connectivity index (χ2n) is 6.39. The molecule has 0 spiro atoms. The van der Waals surface area contributed by atoms with Crippen molar-refractivity contribution in [2.24, 2.45) is 7.05 Å². The van der Waals surface area contributed by atoms with E-state index in [4.69, 9.17) is 11.6 Å². The third-order valence-corrected chi connectivity index (χ3v) is 6.25. The van der Waals surface area contributed by atoms with Crippen LogP contribution in [0.15, 0.2) is 59.4 Å². The predicted molar refractivity (Wildman–Crippen MR) is 110 cm³/mol.